The Hall–Kier alpha value is -2.13. The molecule has 142 valence electrons. The average Bonchev–Trinajstić information content (AvgIpc) is 2.67. The molecule has 0 bridgehead atoms. The first-order chi connectivity index (χ1) is 13.1. The molecule has 0 amide bonds. The second-order valence-corrected chi connectivity index (χ2v) is 8.55. The van der Waals surface area contributed by atoms with E-state index in [1.807, 2.05) is 0 Å². The van der Waals surface area contributed by atoms with Crippen LogP contribution >= 0.6 is 0 Å². The van der Waals surface area contributed by atoms with Crippen molar-refractivity contribution in [2.24, 2.45) is 11.3 Å². The van der Waals surface area contributed by atoms with E-state index in [0.717, 1.165) is 38.8 Å². The lowest BCUT2D eigenvalue weighted by molar-refractivity contribution is -0.145. The van der Waals surface area contributed by atoms with Gasteiger partial charge < -0.3 is 5.11 Å². The third kappa shape index (κ3) is 4.24. The fraction of sp³-hybridized carbons (Fsp3) is 0.458. The number of hydrogen-bond donors (Lipinski definition) is 1. The number of carbonyl (C=O) groups is 1. The number of carboxylic acids is 1. The largest absolute Gasteiger partial charge is 0.481 e. The molecule has 1 N–H and O–H groups in total. The summed E-state index contributed by atoms with van der Waals surface area (Å²) in [6.07, 6.45) is 6.34. The van der Waals surface area contributed by atoms with E-state index in [1.165, 1.54) is 24.0 Å². The zero-order valence-electron chi connectivity index (χ0n) is 15.9. The molecule has 1 spiro atoms. The molecule has 27 heavy (non-hydrogen) atoms. The Labute approximate surface area is 162 Å². The minimum atomic E-state index is -0.601. The van der Waals surface area contributed by atoms with Crippen LogP contribution < -0.4 is 0 Å². The number of aliphatic carboxylic acids is 1. The summed E-state index contributed by atoms with van der Waals surface area (Å²) < 4.78 is 0. The molecule has 0 heterocycles. The van der Waals surface area contributed by atoms with Crippen LogP contribution in [0.2, 0.25) is 0 Å². The Morgan fingerprint density at radius 1 is 0.889 bits per heavy atom. The average molecular weight is 364 g/mol. The molecule has 0 saturated heterocycles. The Kier molecular flexibility index (Phi) is 5.31. The molecule has 3 nitrogen and oxygen atoms in total. The lowest BCUT2D eigenvalue weighted by Crippen LogP contribution is -2.52. The van der Waals surface area contributed by atoms with Gasteiger partial charge in [0, 0.05) is 19.1 Å². The van der Waals surface area contributed by atoms with Crippen LogP contribution in [0.5, 0.6) is 0 Å². The summed E-state index contributed by atoms with van der Waals surface area (Å²) in [4.78, 5) is 13.9. The summed E-state index contributed by atoms with van der Waals surface area (Å²) in [5, 5.41) is 9.26. The SMILES string of the molecule is O=C(O)C1CCC2(CC1)CC(N(Cc1ccccc1)Cc1ccccc1)C2. The second kappa shape index (κ2) is 7.85. The van der Waals surface area contributed by atoms with Gasteiger partial charge in [-0.05, 0) is 55.1 Å². The molecule has 3 heteroatoms. The van der Waals surface area contributed by atoms with Crippen LogP contribution in [0.1, 0.15) is 49.7 Å². The molecule has 0 unspecified atom stereocenters. The summed E-state index contributed by atoms with van der Waals surface area (Å²) in [6.45, 7) is 1.96. The van der Waals surface area contributed by atoms with Crippen LogP contribution in [-0.2, 0) is 17.9 Å². The lowest BCUT2D eigenvalue weighted by Gasteiger charge is -2.54. The molecule has 0 atom stereocenters. The maximum atomic E-state index is 11.2. The minimum absolute atomic E-state index is 0.112. The quantitative estimate of drug-likeness (QED) is 0.775. The van der Waals surface area contributed by atoms with Crippen molar-refractivity contribution >= 4 is 5.97 Å². The van der Waals surface area contributed by atoms with Gasteiger partial charge in [-0.2, -0.15) is 0 Å². The van der Waals surface area contributed by atoms with Crippen LogP contribution in [0.4, 0.5) is 0 Å². The molecule has 0 aromatic heterocycles. The first kappa shape index (κ1) is 18.2. The van der Waals surface area contributed by atoms with E-state index in [2.05, 4.69) is 65.6 Å². The number of hydrogen-bond acceptors (Lipinski definition) is 2. The van der Waals surface area contributed by atoms with E-state index >= 15 is 0 Å². The van der Waals surface area contributed by atoms with Crippen LogP contribution in [0.25, 0.3) is 0 Å². The first-order valence-electron chi connectivity index (χ1n) is 10.2. The normalized spacial score (nSPS) is 27.4. The zero-order valence-corrected chi connectivity index (χ0v) is 15.9. The van der Waals surface area contributed by atoms with E-state index in [9.17, 15) is 9.90 Å². The summed E-state index contributed by atoms with van der Waals surface area (Å²) in [7, 11) is 0. The van der Waals surface area contributed by atoms with Crippen molar-refractivity contribution in [1.82, 2.24) is 4.90 Å². The van der Waals surface area contributed by atoms with Crippen LogP contribution in [-0.4, -0.2) is 22.0 Å². The molecule has 2 fully saturated rings. The minimum Gasteiger partial charge on any atom is -0.481 e. The molecule has 4 rings (SSSR count). The van der Waals surface area contributed by atoms with Crippen LogP contribution in [0.3, 0.4) is 0 Å². The van der Waals surface area contributed by atoms with Gasteiger partial charge in [0.05, 0.1) is 5.92 Å². The molecular weight excluding hydrogens is 334 g/mol. The van der Waals surface area contributed by atoms with Crippen molar-refractivity contribution in [3.05, 3.63) is 71.8 Å². The molecule has 0 aliphatic heterocycles. The summed E-state index contributed by atoms with van der Waals surface area (Å²) >= 11 is 0. The number of rotatable bonds is 6. The fourth-order valence-electron chi connectivity index (χ4n) is 5.03. The van der Waals surface area contributed by atoms with E-state index in [0.29, 0.717) is 11.5 Å². The molecule has 2 aromatic rings. The Balaban J connectivity index is 1.42. The van der Waals surface area contributed by atoms with Crippen molar-refractivity contribution < 1.29 is 9.90 Å². The highest BCUT2D eigenvalue weighted by Gasteiger charge is 2.48. The van der Waals surface area contributed by atoms with E-state index in [4.69, 9.17) is 0 Å². The second-order valence-electron chi connectivity index (χ2n) is 8.55. The summed E-state index contributed by atoms with van der Waals surface area (Å²) in [5.74, 6) is -0.713. The van der Waals surface area contributed by atoms with Crippen LogP contribution in [0, 0.1) is 11.3 Å². The topological polar surface area (TPSA) is 40.5 Å². The lowest BCUT2D eigenvalue weighted by atomic mass is 9.56. The monoisotopic (exact) mass is 363 g/mol. The van der Waals surface area contributed by atoms with Gasteiger partial charge in [-0.25, -0.2) is 0 Å². The fourth-order valence-corrected chi connectivity index (χ4v) is 5.03. The van der Waals surface area contributed by atoms with Crippen molar-refractivity contribution in [2.75, 3.05) is 0 Å². The van der Waals surface area contributed by atoms with Gasteiger partial charge in [0.2, 0.25) is 0 Å². The Morgan fingerprint density at radius 2 is 1.37 bits per heavy atom. The standard InChI is InChI=1S/C24H29NO2/c26-23(27)21-11-13-24(14-12-21)15-22(16-24)25(17-19-7-3-1-4-8-19)18-20-9-5-2-6-10-20/h1-10,21-22H,11-18H2,(H,26,27). The molecule has 2 aliphatic carbocycles. The molecule has 2 saturated carbocycles. The summed E-state index contributed by atoms with van der Waals surface area (Å²) in [6, 6.07) is 22.1. The molecule has 0 radical (unpaired) electrons. The highest BCUT2D eigenvalue weighted by atomic mass is 16.4. The van der Waals surface area contributed by atoms with E-state index in [1.54, 1.807) is 0 Å². The third-order valence-electron chi connectivity index (χ3n) is 6.71. The summed E-state index contributed by atoms with van der Waals surface area (Å²) in [5.41, 5.74) is 3.13. The number of benzene rings is 2. The van der Waals surface area contributed by atoms with E-state index in [-0.39, 0.29) is 5.92 Å². The predicted molar refractivity (Wildman–Crippen MR) is 107 cm³/mol. The van der Waals surface area contributed by atoms with Gasteiger partial charge in [-0.15, -0.1) is 0 Å². The van der Waals surface area contributed by atoms with Gasteiger partial charge in [-0.3, -0.25) is 9.69 Å². The molecule has 2 aromatic carbocycles. The van der Waals surface area contributed by atoms with Gasteiger partial charge in [-0.1, -0.05) is 60.7 Å². The van der Waals surface area contributed by atoms with Crippen molar-refractivity contribution in [1.29, 1.82) is 0 Å². The number of carboxylic acid groups (broad SMARTS) is 1. The van der Waals surface area contributed by atoms with E-state index < -0.39 is 5.97 Å². The van der Waals surface area contributed by atoms with Gasteiger partial charge in [0.15, 0.2) is 0 Å². The van der Waals surface area contributed by atoms with Gasteiger partial charge in [0.25, 0.3) is 0 Å². The maximum Gasteiger partial charge on any atom is 0.306 e. The smallest absolute Gasteiger partial charge is 0.306 e. The Bertz CT molecular complexity index is 701. The van der Waals surface area contributed by atoms with Crippen molar-refractivity contribution in [3.8, 4) is 0 Å². The van der Waals surface area contributed by atoms with Gasteiger partial charge in [0.1, 0.15) is 0 Å². The third-order valence-corrected chi connectivity index (χ3v) is 6.71. The maximum absolute atomic E-state index is 11.2. The number of nitrogens with zero attached hydrogens (tertiary/aromatic N) is 1. The highest BCUT2D eigenvalue weighted by Crippen LogP contribution is 2.54. The first-order valence-corrected chi connectivity index (χ1v) is 10.2. The van der Waals surface area contributed by atoms with Crippen LogP contribution in [0.15, 0.2) is 60.7 Å². The van der Waals surface area contributed by atoms with Crippen molar-refractivity contribution in [2.45, 2.75) is 57.7 Å². The zero-order chi connectivity index (χ0) is 18.7. The molecule has 2 aliphatic rings. The van der Waals surface area contributed by atoms with Crippen molar-refractivity contribution in [3.63, 3.8) is 0 Å². The highest BCUT2D eigenvalue weighted by molar-refractivity contribution is 5.70. The Morgan fingerprint density at radius 3 is 1.81 bits per heavy atom. The molecular formula is C24H29NO2. The van der Waals surface area contributed by atoms with Gasteiger partial charge >= 0.3 is 5.97 Å². The predicted octanol–water partition coefficient (Wildman–Crippen LogP) is 5.11.